The Morgan fingerprint density at radius 2 is 2.00 bits per heavy atom. The fraction of sp³-hybridized carbons (Fsp3) is 0.200. The number of aromatic nitrogens is 5. The van der Waals surface area contributed by atoms with E-state index in [0.29, 0.717) is 16.8 Å². The maximum Gasteiger partial charge on any atom is 0.416 e. The van der Waals surface area contributed by atoms with Crippen LogP contribution in [0.1, 0.15) is 24.1 Å². The molecule has 13 heteroatoms. The minimum atomic E-state index is -4.72. The van der Waals surface area contributed by atoms with Gasteiger partial charge in [0.2, 0.25) is 5.88 Å². The molecular weight excluding hydrogens is 446 g/mol. The number of hydrogen-bond acceptors (Lipinski definition) is 6. The van der Waals surface area contributed by atoms with Crippen molar-refractivity contribution in [2.45, 2.75) is 25.1 Å². The van der Waals surface area contributed by atoms with Crippen molar-refractivity contribution in [3.8, 4) is 5.88 Å². The highest BCUT2D eigenvalue weighted by Gasteiger charge is 2.31. The van der Waals surface area contributed by atoms with Crippen LogP contribution in [-0.4, -0.2) is 35.7 Å². The Labute approximate surface area is 181 Å². The van der Waals surface area contributed by atoms with Gasteiger partial charge in [0.1, 0.15) is 17.3 Å². The molecule has 3 aromatic heterocycles. The Kier molecular flexibility index (Phi) is 4.69. The summed E-state index contributed by atoms with van der Waals surface area (Å²) in [4.78, 5) is 24.9. The number of fused-ring (bicyclic) bond motifs is 1. The van der Waals surface area contributed by atoms with Gasteiger partial charge in [0, 0.05) is 17.0 Å². The molecule has 170 valence electrons. The number of anilines is 2. The van der Waals surface area contributed by atoms with E-state index >= 15 is 0 Å². The molecule has 0 amide bonds. The summed E-state index contributed by atoms with van der Waals surface area (Å²) < 4.78 is 54.5. The van der Waals surface area contributed by atoms with Crippen molar-refractivity contribution < 1.29 is 22.7 Å². The molecule has 0 unspecified atom stereocenters. The van der Waals surface area contributed by atoms with Crippen LogP contribution in [0.3, 0.4) is 0 Å². The zero-order valence-corrected chi connectivity index (χ0v) is 16.6. The van der Waals surface area contributed by atoms with Crippen LogP contribution in [0, 0.1) is 5.82 Å². The first kappa shape index (κ1) is 20.7. The van der Waals surface area contributed by atoms with E-state index in [4.69, 9.17) is 0 Å². The molecule has 33 heavy (non-hydrogen) atoms. The number of alkyl halides is 3. The molecular formula is C20H15F4N7O2. The summed E-state index contributed by atoms with van der Waals surface area (Å²) >= 11 is 0. The first-order valence-corrected chi connectivity index (χ1v) is 9.76. The first-order valence-electron chi connectivity index (χ1n) is 9.76. The Bertz CT molecular complexity index is 1550. The van der Waals surface area contributed by atoms with E-state index in [-0.39, 0.29) is 34.8 Å². The molecule has 1 aliphatic rings. The van der Waals surface area contributed by atoms with Crippen molar-refractivity contribution in [2.24, 2.45) is 4.99 Å². The Morgan fingerprint density at radius 3 is 2.67 bits per heavy atom. The predicted octanol–water partition coefficient (Wildman–Crippen LogP) is 1.96. The topological polar surface area (TPSA) is 123 Å². The molecule has 1 fully saturated rings. The van der Waals surface area contributed by atoms with Gasteiger partial charge in [-0.15, -0.1) is 0 Å². The van der Waals surface area contributed by atoms with Gasteiger partial charge in [0.25, 0.3) is 0 Å². The van der Waals surface area contributed by atoms with E-state index in [9.17, 15) is 27.5 Å². The fourth-order valence-corrected chi connectivity index (χ4v) is 3.23. The molecule has 0 atom stereocenters. The lowest BCUT2D eigenvalue weighted by atomic mass is 10.2. The van der Waals surface area contributed by atoms with Crippen molar-refractivity contribution in [3.63, 3.8) is 0 Å². The van der Waals surface area contributed by atoms with Crippen LogP contribution >= 0.6 is 0 Å². The second kappa shape index (κ2) is 7.46. The number of hydrogen-bond donors (Lipinski definition) is 4. The summed E-state index contributed by atoms with van der Waals surface area (Å²) in [7, 11) is 0. The van der Waals surface area contributed by atoms with Crippen LogP contribution in [0.25, 0.3) is 11.7 Å². The fourth-order valence-electron chi connectivity index (χ4n) is 3.23. The number of imidazole rings is 1. The van der Waals surface area contributed by atoms with Gasteiger partial charge in [-0.1, -0.05) is 0 Å². The molecule has 1 aliphatic carbocycles. The number of halogens is 4. The zero-order chi connectivity index (χ0) is 23.3. The molecule has 9 nitrogen and oxygen atoms in total. The van der Waals surface area contributed by atoms with Gasteiger partial charge >= 0.3 is 11.9 Å². The van der Waals surface area contributed by atoms with Crippen LogP contribution in [0.2, 0.25) is 0 Å². The van der Waals surface area contributed by atoms with Gasteiger partial charge in [-0.2, -0.15) is 22.8 Å². The molecule has 4 aromatic rings. The SMILES string of the molecule is O=c1[nH]c(O)c(C=c2cnn3c(=NC4CC4)cc(Nc4cc(F)cc(C(F)(F)F)c4)nc23)[nH]1. The number of nitrogens with one attached hydrogen (secondary N) is 3. The van der Waals surface area contributed by atoms with Crippen LogP contribution < -0.4 is 21.7 Å². The lowest BCUT2D eigenvalue weighted by Crippen LogP contribution is -2.20. The van der Waals surface area contributed by atoms with Crippen molar-refractivity contribution in [1.82, 2.24) is 24.6 Å². The van der Waals surface area contributed by atoms with Gasteiger partial charge in [0.05, 0.1) is 17.8 Å². The van der Waals surface area contributed by atoms with Gasteiger partial charge in [-0.05, 0) is 37.1 Å². The van der Waals surface area contributed by atoms with E-state index < -0.39 is 23.2 Å². The summed E-state index contributed by atoms with van der Waals surface area (Å²) in [5.74, 6) is -1.32. The maximum atomic E-state index is 13.8. The standard InChI is InChI=1S/C20H15F4N7O2/c21-11-4-10(20(22,23)24)5-13(6-11)26-15-7-16(27-12-1-2-12)31-17(29-15)9(8-25-31)3-14-18(32)30-19(33)28-14/h3-8,12,26,32H,1-2H2,(H2,28,30,33). The van der Waals surface area contributed by atoms with Gasteiger partial charge < -0.3 is 15.4 Å². The first-order chi connectivity index (χ1) is 15.7. The third-order valence-electron chi connectivity index (χ3n) is 4.87. The smallest absolute Gasteiger partial charge is 0.416 e. The lowest BCUT2D eigenvalue weighted by Gasteiger charge is -2.11. The molecule has 3 heterocycles. The number of aromatic hydroxyl groups is 1. The van der Waals surface area contributed by atoms with E-state index in [2.05, 4.69) is 30.4 Å². The van der Waals surface area contributed by atoms with E-state index in [1.54, 1.807) is 0 Å². The van der Waals surface area contributed by atoms with Crippen molar-refractivity contribution in [3.05, 3.63) is 68.7 Å². The molecule has 0 aliphatic heterocycles. The molecule has 0 spiro atoms. The molecule has 0 saturated heterocycles. The Morgan fingerprint density at radius 1 is 1.21 bits per heavy atom. The van der Waals surface area contributed by atoms with Crippen LogP contribution in [-0.2, 0) is 6.18 Å². The third kappa shape index (κ3) is 4.29. The Hall–Kier alpha value is -4.16. The molecule has 4 N–H and O–H groups in total. The lowest BCUT2D eigenvalue weighted by molar-refractivity contribution is -0.137. The second-order valence-electron chi connectivity index (χ2n) is 7.53. The van der Waals surface area contributed by atoms with Gasteiger partial charge in [-0.25, -0.2) is 14.2 Å². The highest BCUT2D eigenvalue weighted by Crippen LogP contribution is 2.32. The second-order valence-corrected chi connectivity index (χ2v) is 7.53. The van der Waals surface area contributed by atoms with Crippen molar-refractivity contribution in [1.29, 1.82) is 0 Å². The molecule has 0 radical (unpaired) electrons. The molecule has 1 aromatic carbocycles. The van der Waals surface area contributed by atoms with Crippen LogP contribution in [0.4, 0.5) is 29.1 Å². The number of H-pyrrole nitrogens is 2. The maximum absolute atomic E-state index is 13.8. The molecule has 5 rings (SSSR count). The van der Waals surface area contributed by atoms with Crippen molar-refractivity contribution >= 4 is 23.2 Å². The van der Waals surface area contributed by atoms with E-state index in [1.165, 1.54) is 22.9 Å². The number of benzene rings is 1. The normalized spacial score (nSPS) is 15.5. The number of nitrogens with zero attached hydrogens (tertiary/aromatic N) is 4. The minimum Gasteiger partial charge on any atom is -0.493 e. The van der Waals surface area contributed by atoms with Crippen LogP contribution in [0.5, 0.6) is 5.88 Å². The summed E-state index contributed by atoms with van der Waals surface area (Å²) in [6.07, 6.45) is -0.0659. The summed E-state index contributed by atoms with van der Waals surface area (Å²) in [5, 5.41) is 17.2. The van der Waals surface area contributed by atoms with E-state index in [0.717, 1.165) is 25.0 Å². The summed E-state index contributed by atoms with van der Waals surface area (Å²) in [6.45, 7) is 0. The van der Waals surface area contributed by atoms with Gasteiger partial charge in [0.15, 0.2) is 11.1 Å². The zero-order valence-electron chi connectivity index (χ0n) is 16.6. The average molecular weight is 461 g/mol. The quantitative estimate of drug-likeness (QED) is 0.346. The van der Waals surface area contributed by atoms with E-state index in [1.807, 2.05) is 0 Å². The van der Waals surface area contributed by atoms with Crippen molar-refractivity contribution in [2.75, 3.05) is 5.32 Å². The number of aromatic amines is 2. The highest BCUT2D eigenvalue weighted by molar-refractivity contribution is 5.62. The van der Waals surface area contributed by atoms with Crippen LogP contribution in [0.15, 0.2) is 40.2 Å². The largest absolute Gasteiger partial charge is 0.493 e. The average Bonchev–Trinajstić information content (AvgIpc) is 3.36. The third-order valence-corrected chi connectivity index (χ3v) is 4.87. The summed E-state index contributed by atoms with van der Waals surface area (Å²) in [6, 6.07) is 3.69. The Balaban J connectivity index is 1.65. The van der Waals surface area contributed by atoms with Gasteiger partial charge in [-0.3, -0.25) is 9.98 Å². The highest BCUT2D eigenvalue weighted by atomic mass is 19.4. The summed E-state index contributed by atoms with van der Waals surface area (Å²) in [5.41, 5.74) is -1.15. The monoisotopic (exact) mass is 461 g/mol. The minimum absolute atomic E-state index is 0.0932. The number of rotatable bonds is 4. The molecule has 0 bridgehead atoms. The predicted molar refractivity (Wildman–Crippen MR) is 108 cm³/mol. The molecule has 1 saturated carbocycles.